The average molecular weight is 125 g/mol. The van der Waals surface area contributed by atoms with Crippen molar-refractivity contribution in [3.05, 3.63) is 11.4 Å². The van der Waals surface area contributed by atoms with Crippen molar-refractivity contribution in [2.45, 2.75) is 0 Å². The van der Waals surface area contributed by atoms with Crippen LogP contribution in [0.3, 0.4) is 0 Å². The van der Waals surface area contributed by atoms with Gasteiger partial charge in [0.1, 0.15) is 0 Å². The van der Waals surface area contributed by atoms with Gasteiger partial charge in [-0.25, -0.2) is 0 Å². The molecule has 0 aromatic carbocycles. The fourth-order valence-corrected chi connectivity index (χ4v) is 0. The van der Waals surface area contributed by atoms with E-state index < -0.39 is 0 Å². The Hall–Kier alpha value is 0.800. The molecule has 0 aromatic rings. The topological polar surface area (TPSA) is 4.36 Å². The van der Waals surface area contributed by atoms with Gasteiger partial charge >= 0.3 is 29.6 Å². The second-order valence-electron chi connectivity index (χ2n) is 0.378. The molecule has 26 valence electrons. The monoisotopic (exact) mass is 125 g/mol. The summed E-state index contributed by atoms with van der Waals surface area (Å²) in [7, 11) is 0. The standard InChI is InChI=1S/C2HNS2.Na/c1-3-2(4)5;/h(H,4,5);/q;+1/p-1. The molecule has 0 atom stereocenters. The third-order valence-corrected chi connectivity index (χ3v) is 0.274. The number of thiocarbonyl (C=S) groups is 1. The predicted molar refractivity (Wildman–Crippen MR) is 26.6 cm³/mol. The molecule has 4 heteroatoms. The number of nitrogens with zero attached hydrogens (tertiary/aromatic N) is 1. The van der Waals surface area contributed by atoms with Crippen LogP contribution < -0.4 is 29.6 Å². The Kier molecular flexibility index (Phi) is 9.60. The first-order valence-electron chi connectivity index (χ1n) is 0.855. The molecule has 0 saturated carbocycles. The molecule has 0 radical (unpaired) electrons. The van der Waals surface area contributed by atoms with Gasteiger partial charge < -0.3 is 24.8 Å². The van der Waals surface area contributed by atoms with Crippen LogP contribution in [0.25, 0.3) is 4.85 Å². The second-order valence-corrected chi connectivity index (χ2v) is 1.41. The maximum Gasteiger partial charge on any atom is 1.00 e. The first-order valence-corrected chi connectivity index (χ1v) is 1.67. The zero-order valence-electron chi connectivity index (χ0n) is 3.26. The fourth-order valence-electron chi connectivity index (χ4n) is 0. The molecule has 1 nitrogen and oxygen atoms in total. The van der Waals surface area contributed by atoms with Gasteiger partial charge in [0.25, 0.3) is 0 Å². The van der Waals surface area contributed by atoms with Crippen molar-refractivity contribution in [1.29, 1.82) is 0 Å². The van der Waals surface area contributed by atoms with Crippen LogP contribution in [0.4, 0.5) is 0 Å². The quantitative estimate of drug-likeness (QED) is 0.156. The van der Waals surface area contributed by atoms with Crippen LogP contribution in [-0.4, -0.2) is 4.32 Å². The summed E-state index contributed by atoms with van der Waals surface area (Å²) in [6.45, 7) is 6.04. The van der Waals surface area contributed by atoms with Gasteiger partial charge in [0.15, 0.2) is 0 Å². The van der Waals surface area contributed by atoms with E-state index in [1.165, 1.54) is 0 Å². The normalized spacial score (nSPS) is 4.50. The molecule has 6 heavy (non-hydrogen) atoms. The van der Waals surface area contributed by atoms with Crippen molar-refractivity contribution >= 4 is 29.2 Å². The molecule has 0 aromatic heterocycles. The van der Waals surface area contributed by atoms with Crippen LogP contribution in [0.15, 0.2) is 0 Å². The Balaban J connectivity index is 0. The van der Waals surface area contributed by atoms with E-state index in [2.05, 4.69) is 29.7 Å². The molecule has 0 aliphatic rings. The third kappa shape index (κ3) is 8.84. The molecule has 0 aliphatic heterocycles. The molecule has 0 saturated heterocycles. The smallest absolute Gasteiger partial charge is 0.461 e. The van der Waals surface area contributed by atoms with Crippen LogP contribution in [-0.2, 0) is 12.6 Å². The minimum atomic E-state index is -0.0370. The van der Waals surface area contributed by atoms with Crippen LogP contribution in [0.1, 0.15) is 0 Å². The van der Waals surface area contributed by atoms with Crippen molar-refractivity contribution in [3.63, 3.8) is 0 Å². The SMILES string of the molecule is [C-]#[N+]C(=S)[S-].[Na+]. The van der Waals surface area contributed by atoms with Gasteiger partial charge in [-0.05, 0) is 0 Å². The third-order valence-electron chi connectivity index (χ3n) is 0.0913. The largest absolute Gasteiger partial charge is 1.00 e. The van der Waals surface area contributed by atoms with E-state index in [-0.39, 0.29) is 33.9 Å². The molecule has 0 amide bonds. The molecule has 0 fully saturated rings. The molecular weight excluding hydrogens is 125 g/mol. The van der Waals surface area contributed by atoms with Crippen molar-refractivity contribution in [2.24, 2.45) is 0 Å². The van der Waals surface area contributed by atoms with Crippen molar-refractivity contribution in [3.8, 4) is 0 Å². The molecule has 0 N–H and O–H groups in total. The maximum atomic E-state index is 6.04. The van der Waals surface area contributed by atoms with Crippen molar-refractivity contribution in [2.75, 3.05) is 0 Å². The first-order chi connectivity index (χ1) is 2.27. The summed E-state index contributed by atoms with van der Waals surface area (Å²) < 4.78 is -0.0370. The minimum absolute atomic E-state index is 0. The summed E-state index contributed by atoms with van der Waals surface area (Å²) in [5.41, 5.74) is 0. The number of hydrogen-bond acceptors (Lipinski definition) is 2. The minimum Gasteiger partial charge on any atom is -0.461 e. The van der Waals surface area contributed by atoms with Crippen molar-refractivity contribution in [1.82, 2.24) is 0 Å². The van der Waals surface area contributed by atoms with Crippen molar-refractivity contribution < 1.29 is 29.6 Å². The predicted octanol–water partition coefficient (Wildman–Crippen LogP) is -2.26. The van der Waals surface area contributed by atoms with Crippen LogP contribution in [0.5, 0.6) is 0 Å². The van der Waals surface area contributed by atoms with Gasteiger partial charge in [-0.1, -0.05) is 0 Å². The van der Waals surface area contributed by atoms with Gasteiger partial charge in [0.2, 0.25) is 0 Å². The van der Waals surface area contributed by atoms with Gasteiger partial charge in [-0.2, -0.15) is 0 Å². The molecule has 0 heterocycles. The fraction of sp³-hybridized carbons (Fsp3) is 0. The van der Waals surface area contributed by atoms with Crippen LogP contribution >= 0.6 is 12.2 Å². The summed E-state index contributed by atoms with van der Waals surface area (Å²) in [6, 6.07) is 0. The number of hydrogen-bond donors (Lipinski definition) is 0. The van der Waals surface area contributed by atoms with E-state index in [1.54, 1.807) is 0 Å². The zero-order chi connectivity index (χ0) is 4.28. The Morgan fingerprint density at radius 3 is 2.00 bits per heavy atom. The molecular formula is C2NNaS2. The van der Waals surface area contributed by atoms with Gasteiger partial charge in [-0.15, -0.1) is 0 Å². The first kappa shape index (κ1) is 9.93. The summed E-state index contributed by atoms with van der Waals surface area (Å²) in [5.74, 6) is 0. The molecule has 0 spiro atoms. The van der Waals surface area contributed by atoms with E-state index in [4.69, 9.17) is 6.57 Å². The second kappa shape index (κ2) is 5.80. The molecule has 0 unspecified atom stereocenters. The molecule has 0 rings (SSSR count). The van der Waals surface area contributed by atoms with Gasteiger partial charge in [0, 0.05) is 0 Å². The van der Waals surface area contributed by atoms with E-state index in [9.17, 15) is 0 Å². The van der Waals surface area contributed by atoms with Gasteiger partial charge in [0.05, 0.1) is 10.9 Å². The maximum absolute atomic E-state index is 6.04. The molecule has 0 aliphatic carbocycles. The summed E-state index contributed by atoms with van der Waals surface area (Å²) in [5, 5.41) is 0. The summed E-state index contributed by atoms with van der Waals surface area (Å²) in [4.78, 5) is 2.69. The Labute approximate surface area is 69.6 Å². The van der Waals surface area contributed by atoms with E-state index in [0.717, 1.165) is 0 Å². The summed E-state index contributed by atoms with van der Waals surface area (Å²) in [6.07, 6.45) is 0. The number of rotatable bonds is 0. The molecule has 0 bridgehead atoms. The zero-order valence-corrected chi connectivity index (χ0v) is 6.90. The Morgan fingerprint density at radius 1 is 1.83 bits per heavy atom. The Morgan fingerprint density at radius 2 is 2.00 bits per heavy atom. The van der Waals surface area contributed by atoms with E-state index in [0.29, 0.717) is 0 Å². The van der Waals surface area contributed by atoms with Crippen LogP contribution in [0, 0.1) is 6.57 Å². The average Bonchev–Trinajstić information content (AvgIpc) is 1.38. The summed E-state index contributed by atoms with van der Waals surface area (Å²) >= 11 is 8.31. The van der Waals surface area contributed by atoms with Gasteiger partial charge in [-0.3, -0.25) is 4.85 Å². The Bertz CT molecular complexity index is 84.0. The van der Waals surface area contributed by atoms with Crippen LogP contribution in [0.2, 0.25) is 0 Å². The van der Waals surface area contributed by atoms with E-state index >= 15 is 0 Å². The van der Waals surface area contributed by atoms with E-state index in [1.807, 2.05) is 0 Å².